The second kappa shape index (κ2) is 12.2. The standard InChI is InChI=1S/C32H39FN2O3/c1-31(2,3)25-14-18-27(19-15-25)38-22-29(36)35(21-24-12-16-26(33)17-13-24)28(30(37)34-32(4,5)6)20-23-10-8-7-9-11-23/h7-19,28H,20-22H2,1-6H3,(H,34,37). The van der Waals surface area contributed by atoms with E-state index in [1.165, 1.54) is 17.0 Å². The van der Waals surface area contributed by atoms with Crippen molar-refractivity contribution in [3.8, 4) is 5.75 Å². The van der Waals surface area contributed by atoms with Crippen LogP contribution < -0.4 is 10.1 Å². The normalized spacial score (nSPS) is 12.5. The number of hydrogen-bond donors (Lipinski definition) is 1. The molecule has 3 aromatic carbocycles. The number of hydrogen-bond acceptors (Lipinski definition) is 3. The molecule has 0 aliphatic rings. The highest BCUT2D eigenvalue weighted by atomic mass is 19.1. The van der Waals surface area contributed by atoms with Crippen LogP contribution in [0.15, 0.2) is 78.9 Å². The molecule has 0 aliphatic carbocycles. The average Bonchev–Trinajstić information content (AvgIpc) is 2.85. The molecule has 0 radical (unpaired) electrons. The van der Waals surface area contributed by atoms with Gasteiger partial charge in [0.15, 0.2) is 6.61 Å². The van der Waals surface area contributed by atoms with E-state index in [2.05, 4.69) is 26.1 Å². The molecule has 3 rings (SSSR count). The Bertz CT molecular complexity index is 1190. The monoisotopic (exact) mass is 518 g/mol. The zero-order valence-corrected chi connectivity index (χ0v) is 23.3. The first-order chi connectivity index (χ1) is 17.8. The Morgan fingerprint density at radius 3 is 2.00 bits per heavy atom. The first-order valence-electron chi connectivity index (χ1n) is 12.9. The van der Waals surface area contributed by atoms with Crippen molar-refractivity contribution in [1.29, 1.82) is 0 Å². The second-order valence-corrected chi connectivity index (χ2v) is 11.7. The lowest BCUT2D eigenvalue weighted by molar-refractivity contribution is -0.143. The quantitative estimate of drug-likeness (QED) is 0.375. The molecule has 202 valence electrons. The largest absolute Gasteiger partial charge is 0.484 e. The van der Waals surface area contributed by atoms with Gasteiger partial charge in [0.1, 0.15) is 17.6 Å². The third kappa shape index (κ3) is 8.72. The number of carbonyl (C=O) groups excluding carboxylic acids is 2. The number of rotatable bonds is 9. The highest BCUT2D eigenvalue weighted by Gasteiger charge is 2.32. The molecule has 0 aliphatic heterocycles. The van der Waals surface area contributed by atoms with Gasteiger partial charge in [-0.15, -0.1) is 0 Å². The van der Waals surface area contributed by atoms with Crippen LogP contribution in [-0.4, -0.2) is 34.9 Å². The summed E-state index contributed by atoms with van der Waals surface area (Å²) in [5.74, 6) is -0.377. The summed E-state index contributed by atoms with van der Waals surface area (Å²) in [6.45, 7) is 12.0. The maximum atomic E-state index is 13.7. The average molecular weight is 519 g/mol. The molecule has 0 bridgehead atoms. The van der Waals surface area contributed by atoms with Gasteiger partial charge >= 0.3 is 0 Å². The predicted octanol–water partition coefficient (Wildman–Crippen LogP) is 6.06. The maximum absolute atomic E-state index is 13.7. The molecule has 1 unspecified atom stereocenters. The van der Waals surface area contributed by atoms with Gasteiger partial charge in [0, 0.05) is 18.5 Å². The van der Waals surface area contributed by atoms with Crippen LogP contribution in [0.2, 0.25) is 0 Å². The van der Waals surface area contributed by atoms with E-state index in [9.17, 15) is 14.0 Å². The summed E-state index contributed by atoms with van der Waals surface area (Å²) in [7, 11) is 0. The number of nitrogens with zero attached hydrogens (tertiary/aromatic N) is 1. The van der Waals surface area contributed by atoms with Crippen molar-refractivity contribution in [3.05, 3.63) is 101 Å². The Hall–Kier alpha value is -3.67. The zero-order valence-electron chi connectivity index (χ0n) is 23.3. The van der Waals surface area contributed by atoms with Crippen LogP contribution in [0.1, 0.15) is 58.2 Å². The molecule has 0 heterocycles. The minimum Gasteiger partial charge on any atom is -0.484 e. The first kappa shape index (κ1) is 28.9. The number of carbonyl (C=O) groups is 2. The molecular weight excluding hydrogens is 479 g/mol. The number of nitrogens with one attached hydrogen (secondary N) is 1. The van der Waals surface area contributed by atoms with E-state index in [0.717, 1.165) is 16.7 Å². The lowest BCUT2D eigenvalue weighted by Crippen LogP contribution is -2.55. The highest BCUT2D eigenvalue weighted by Crippen LogP contribution is 2.24. The summed E-state index contributed by atoms with van der Waals surface area (Å²) in [4.78, 5) is 28.7. The van der Waals surface area contributed by atoms with Crippen LogP contribution in [0.4, 0.5) is 4.39 Å². The third-order valence-electron chi connectivity index (χ3n) is 6.12. The van der Waals surface area contributed by atoms with Crippen molar-refractivity contribution in [2.45, 2.75) is 71.5 Å². The maximum Gasteiger partial charge on any atom is 0.261 e. The van der Waals surface area contributed by atoms with Crippen LogP contribution in [-0.2, 0) is 28.0 Å². The van der Waals surface area contributed by atoms with E-state index in [4.69, 9.17) is 4.74 Å². The third-order valence-corrected chi connectivity index (χ3v) is 6.12. The summed E-state index contributed by atoms with van der Waals surface area (Å²) in [6.07, 6.45) is 0.329. The van der Waals surface area contributed by atoms with Gasteiger partial charge in [0.2, 0.25) is 5.91 Å². The molecule has 3 aromatic rings. The fourth-order valence-electron chi connectivity index (χ4n) is 4.07. The molecule has 0 saturated heterocycles. The Morgan fingerprint density at radius 2 is 1.45 bits per heavy atom. The summed E-state index contributed by atoms with van der Waals surface area (Å²) in [5, 5.41) is 3.03. The van der Waals surface area contributed by atoms with Crippen molar-refractivity contribution in [1.82, 2.24) is 10.2 Å². The SMILES string of the molecule is CC(C)(C)NC(=O)C(Cc1ccccc1)N(Cc1ccc(F)cc1)C(=O)COc1ccc(C(C)(C)C)cc1. The van der Waals surface area contributed by atoms with Gasteiger partial charge in [0.25, 0.3) is 5.91 Å². The molecule has 0 aromatic heterocycles. The van der Waals surface area contributed by atoms with Crippen LogP contribution in [0.5, 0.6) is 5.75 Å². The first-order valence-corrected chi connectivity index (χ1v) is 12.9. The Labute approximate surface area is 226 Å². The number of ether oxygens (including phenoxy) is 1. The van der Waals surface area contributed by atoms with E-state index in [1.807, 2.05) is 75.4 Å². The van der Waals surface area contributed by atoms with Crippen LogP contribution in [0, 0.1) is 5.82 Å². The fourth-order valence-corrected chi connectivity index (χ4v) is 4.07. The lowest BCUT2D eigenvalue weighted by Gasteiger charge is -2.33. The summed E-state index contributed by atoms with van der Waals surface area (Å²) in [6, 6.07) is 22.5. The van der Waals surface area contributed by atoms with Crippen LogP contribution in [0.3, 0.4) is 0 Å². The van der Waals surface area contributed by atoms with E-state index in [-0.39, 0.29) is 36.2 Å². The van der Waals surface area contributed by atoms with E-state index < -0.39 is 11.6 Å². The van der Waals surface area contributed by atoms with Gasteiger partial charge in [-0.3, -0.25) is 9.59 Å². The summed E-state index contributed by atoms with van der Waals surface area (Å²) >= 11 is 0. The van der Waals surface area contributed by atoms with Gasteiger partial charge in [-0.1, -0.05) is 75.4 Å². The number of halogens is 1. The smallest absolute Gasteiger partial charge is 0.261 e. The summed E-state index contributed by atoms with van der Waals surface area (Å²) in [5.41, 5.74) is 2.33. The molecule has 1 atom stereocenters. The molecule has 0 spiro atoms. The second-order valence-electron chi connectivity index (χ2n) is 11.7. The Kier molecular flexibility index (Phi) is 9.31. The Morgan fingerprint density at radius 1 is 0.842 bits per heavy atom. The van der Waals surface area contributed by atoms with E-state index in [1.54, 1.807) is 12.1 Å². The van der Waals surface area contributed by atoms with E-state index in [0.29, 0.717) is 12.2 Å². The fraction of sp³-hybridized carbons (Fsp3) is 0.375. The molecule has 38 heavy (non-hydrogen) atoms. The van der Waals surface area contributed by atoms with Gasteiger partial charge in [-0.2, -0.15) is 0 Å². The van der Waals surface area contributed by atoms with Gasteiger partial charge in [0.05, 0.1) is 0 Å². The van der Waals surface area contributed by atoms with Crippen molar-refractivity contribution in [3.63, 3.8) is 0 Å². The van der Waals surface area contributed by atoms with Gasteiger partial charge in [-0.25, -0.2) is 4.39 Å². The lowest BCUT2D eigenvalue weighted by atomic mass is 9.87. The van der Waals surface area contributed by atoms with Crippen molar-refractivity contribution in [2.24, 2.45) is 0 Å². The summed E-state index contributed by atoms with van der Waals surface area (Å²) < 4.78 is 19.5. The molecule has 2 amide bonds. The topological polar surface area (TPSA) is 58.6 Å². The van der Waals surface area contributed by atoms with Crippen LogP contribution in [0.25, 0.3) is 0 Å². The minimum atomic E-state index is -0.791. The van der Waals surface area contributed by atoms with Crippen molar-refractivity contribution in [2.75, 3.05) is 6.61 Å². The number of benzene rings is 3. The van der Waals surface area contributed by atoms with Gasteiger partial charge in [-0.05, 0) is 67.1 Å². The minimum absolute atomic E-state index is 0.00534. The molecule has 1 N–H and O–H groups in total. The number of amides is 2. The zero-order chi connectivity index (χ0) is 27.9. The molecule has 6 heteroatoms. The molecule has 5 nitrogen and oxygen atoms in total. The predicted molar refractivity (Wildman–Crippen MR) is 149 cm³/mol. The molecular formula is C32H39FN2O3. The highest BCUT2D eigenvalue weighted by molar-refractivity contribution is 5.89. The van der Waals surface area contributed by atoms with Crippen molar-refractivity contribution >= 4 is 11.8 Å². The van der Waals surface area contributed by atoms with Gasteiger partial charge < -0.3 is 15.0 Å². The van der Waals surface area contributed by atoms with Crippen molar-refractivity contribution < 1.29 is 18.7 Å². The Balaban J connectivity index is 1.89. The van der Waals surface area contributed by atoms with E-state index >= 15 is 0 Å². The van der Waals surface area contributed by atoms with Crippen LogP contribution >= 0.6 is 0 Å². The molecule has 0 fully saturated rings. The molecule has 0 saturated carbocycles.